The molecule has 17 heavy (non-hydrogen) atoms. The highest BCUT2D eigenvalue weighted by molar-refractivity contribution is 5.80. The van der Waals surface area contributed by atoms with E-state index in [1.807, 2.05) is 29.9 Å². The van der Waals surface area contributed by atoms with Crippen LogP contribution in [0.1, 0.15) is 17.8 Å². The molecule has 0 saturated carbocycles. The summed E-state index contributed by atoms with van der Waals surface area (Å²) in [4.78, 5) is 19.9. The summed E-state index contributed by atoms with van der Waals surface area (Å²) in [6.45, 7) is 0. The first-order valence-electron chi connectivity index (χ1n) is 5.62. The number of hydrogen-bond acceptors (Lipinski definition) is 3. The van der Waals surface area contributed by atoms with E-state index in [0.717, 1.165) is 11.4 Å². The molecule has 0 bridgehead atoms. The summed E-state index contributed by atoms with van der Waals surface area (Å²) in [6.07, 6.45) is 8.77. The van der Waals surface area contributed by atoms with Crippen molar-refractivity contribution < 1.29 is 4.79 Å². The minimum atomic E-state index is 0.223. The van der Waals surface area contributed by atoms with Gasteiger partial charge in [0.15, 0.2) is 0 Å². The number of aryl methyl sites for hydroxylation is 2. The van der Waals surface area contributed by atoms with Crippen molar-refractivity contribution in [3.8, 4) is 0 Å². The van der Waals surface area contributed by atoms with Crippen molar-refractivity contribution in [2.24, 2.45) is 7.05 Å². The molecule has 2 aromatic rings. The molecule has 0 radical (unpaired) electrons. The average Bonchev–Trinajstić information content (AvgIpc) is 2.74. The number of nitrogens with zero attached hydrogens (tertiary/aromatic N) is 3. The number of carbonyl (C=O) groups is 1. The SMILES string of the molecule is Cn1ccnc1CCC(=O)Cc1cccnc1. The second-order valence-electron chi connectivity index (χ2n) is 4.03. The molecule has 2 rings (SSSR count). The zero-order chi connectivity index (χ0) is 12.1. The van der Waals surface area contributed by atoms with E-state index in [9.17, 15) is 4.79 Å². The molecule has 2 aromatic heterocycles. The molecule has 88 valence electrons. The molecule has 0 amide bonds. The molecule has 0 aliphatic heterocycles. The summed E-state index contributed by atoms with van der Waals surface area (Å²) in [7, 11) is 1.94. The van der Waals surface area contributed by atoms with Crippen molar-refractivity contribution in [3.05, 3.63) is 48.3 Å². The van der Waals surface area contributed by atoms with E-state index in [-0.39, 0.29) is 5.78 Å². The largest absolute Gasteiger partial charge is 0.338 e. The lowest BCUT2D eigenvalue weighted by atomic mass is 10.1. The number of hydrogen-bond donors (Lipinski definition) is 0. The van der Waals surface area contributed by atoms with Gasteiger partial charge >= 0.3 is 0 Å². The van der Waals surface area contributed by atoms with E-state index in [4.69, 9.17) is 0 Å². The molecule has 0 saturated heterocycles. The average molecular weight is 229 g/mol. The molecule has 0 aromatic carbocycles. The molecule has 0 N–H and O–H groups in total. The number of carbonyl (C=O) groups excluding carboxylic acids is 1. The van der Waals surface area contributed by atoms with Gasteiger partial charge in [0.1, 0.15) is 11.6 Å². The van der Waals surface area contributed by atoms with Crippen molar-refractivity contribution >= 4 is 5.78 Å². The van der Waals surface area contributed by atoms with Crippen molar-refractivity contribution in [1.29, 1.82) is 0 Å². The van der Waals surface area contributed by atoms with Crippen molar-refractivity contribution in [1.82, 2.24) is 14.5 Å². The summed E-state index contributed by atoms with van der Waals surface area (Å²) >= 11 is 0. The third kappa shape index (κ3) is 3.24. The van der Waals surface area contributed by atoms with Gasteiger partial charge in [-0.3, -0.25) is 9.78 Å². The molecule has 4 heteroatoms. The summed E-state index contributed by atoms with van der Waals surface area (Å²) < 4.78 is 1.94. The van der Waals surface area contributed by atoms with Crippen LogP contribution in [-0.4, -0.2) is 20.3 Å². The monoisotopic (exact) mass is 229 g/mol. The molecule has 0 aliphatic rings. The maximum Gasteiger partial charge on any atom is 0.137 e. The first-order chi connectivity index (χ1) is 8.25. The van der Waals surface area contributed by atoms with Gasteiger partial charge in [0, 0.05) is 51.1 Å². The highest BCUT2D eigenvalue weighted by Crippen LogP contribution is 2.04. The van der Waals surface area contributed by atoms with E-state index in [1.54, 1.807) is 18.6 Å². The maximum absolute atomic E-state index is 11.8. The molecule has 0 atom stereocenters. The van der Waals surface area contributed by atoms with Crippen LogP contribution in [-0.2, 0) is 24.7 Å². The molecule has 2 heterocycles. The lowest BCUT2D eigenvalue weighted by molar-refractivity contribution is -0.118. The van der Waals surface area contributed by atoms with Crippen molar-refractivity contribution in [2.75, 3.05) is 0 Å². The molecule has 0 aliphatic carbocycles. The van der Waals surface area contributed by atoms with Crippen LogP contribution in [0.2, 0.25) is 0 Å². The Morgan fingerprint density at radius 3 is 2.94 bits per heavy atom. The zero-order valence-electron chi connectivity index (χ0n) is 9.84. The van der Waals surface area contributed by atoms with Gasteiger partial charge in [-0.1, -0.05) is 6.07 Å². The van der Waals surface area contributed by atoms with E-state index in [2.05, 4.69) is 9.97 Å². The van der Waals surface area contributed by atoms with Gasteiger partial charge in [-0.15, -0.1) is 0 Å². The van der Waals surface area contributed by atoms with Crippen LogP contribution in [0.5, 0.6) is 0 Å². The Balaban J connectivity index is 1.84. The molecule has 0 spiro atoms. The fourth-order valence-electron chi connectivity index (χ4n) is 1.71. The van der Waals surface area contributed by atoms with E-state index < -0.39 is 0 Å². The molecular weight excluding hydrogens is 214 g/mol. The molecule has 0 fully saturated rings. The Morgan fingerprint density at radius 2 is 2.29 bits per heavy atom. The third-order valence-electron chi connectivity index (χ3n) is 2.67. The summed E-state index contributed by atoms with van der Waals surface area (Å²) in [5.74, 6) is 1.17. The normalized spacial score (nSPS) is 10.4. The lowest BCUT2D eigenvalue weighted by Crippen LogP contribution is -2.07. The smallest absolute Gasteiger partial charge is 0.137 e. The van der Waals surface area contributed by atoms with Crippen LogP contribution in [0.4, 0.5) is 0 Å². The van der Waals surface area contributed by atoms with Gasteiger partial charge in [-0.2, -0.15) is 0 Å². The number of aromatic nitrogens is 3. The fourth-order valence-corrected chi connectivity index (χ4v) is 1.71. The van der Waals surface area contributed by atoms with Gasteiger partial charge in [0.25, 0.3) is 0 Å². The predicted molar refractivity (Wildman–Crippen MR) is 64.5 cm³/mol. The number of Topliss-reactive ketones (excluding diaryl/α,β-unsaturated/α-hetero) is 1. The second kappa shape index (κ2) is 5.39. The quantitative estimate of drug-likeness (QED) is 0.781. The number of rotatable bonds is 5. The fraction of sp³-hybridized carbons (Fsp3) is 0.308. The highest BCUT2D eigenvalue weighted by atomic mass is 16.1. The third-order valence-corrected chi connectivity index (χ3v) is 2.67. The standard InChI is InChI=1S/C13H15N3O/c1-16-8-7-15-13(16)5-4-12(17)9-11-3-2-6-14-10-11/h2-3,6-8,10H,4-5,9H2,1H3. The lowest BCUT2D eigenvalue weighted by Gasteiger charge is -2.02. The van der Waals surface area contributed by atoms with E-state index in [1.165, 1.54) is 0 Å². The first-order valence-corrected chi connectivity index (χ1v) is 5.62. The van der Waals surface area contributed by atoms with Gasteiger partial charge in [-0.25, -0.2) is 4.98 Å². The Bertz CT molecular complexity index is 490. The molecule has 0 unspecified atom stereocenters. The Kier molecular flexibility index (Phi) is 3.65. The van der Waals surface area contributed by atoms with Crippen LogP contribution in [0.25, 0.3) is 0 Å². The van der Waals surface area contributed by atoms with E-state index >= 15 is 0 Å². The second-order valence-corrected chi connectivity index (χ2v) is 4.03. The number of ketones is 1. The molecule has 4 nitrogen and oxygen atoms in total. The maximum atomic E-state index is 11.8. The van der Waals surface area contributed by atoms with E-state index in [0.29, 0.717) is 19.3 Å². The topological polar surface area (TPSA) is 47.8 Å². The van der Waals surface area contributed by atoms with Crippen LogP contribution in [0.15, 0.2) is 36.9 Å². The van der Waals surface area contributed by atoms with Crippen LogP contribution in [0.3, 0.4) is 0 Å². The summed E-state index contributed by atoms with van der Waals surface area (Å²) in [5, 5.41) is 0. The number of pyridine rings is 1. The van der Waals surface area contributed by atoms with Gasteiger partial charge in [-0.05, 0) is 11.6 Å². The van der Waals surface area contributed by atoms with Crippen LogP contribution >= 0.6 is 0 Å². The van der Waals surface area contributed by atoms with Crippen molar-refractivity contribution in [2.45, 2.75) is 19.3 Å². The first kappa shape index (κ1) is 11.5. The Morgan fingerprint density at radius 1 is 1.41 bits per heavy atom. The van der Waals surface area contributed by atoms with Crippen molar-refractivity contribution in [3.63, 3.8) is 0 Å². The molecular formula is C13H15N3O. The zero-order valence-corrected chi connectivity index (χ0v) is 9.84. The summed E-state index contributed by atoms with van der Waals surface area (Å²) in [6, 6.07) is 3.77. The Labute approximate surface area is 100 Å². The van der Waals surface area contributed by atoms with Crippen LogP contribution < -0.4 is 0 Å². The minimum absolute atomic E-state index is 0.223. The Hall–Kier alpha value is -1.97. The predicted octanol–water partition coefficient (Wildman–Crippen LogP) is 1.56. The van der Waals surface area contributed by atoms with Gasteiger partial charge in [0.05, 0.1) is 0 Å². The van der Waals surface area contributed by atoms with Crippen LogP contribution in [0, 0.1) is 0 Å². The number of imidazole rings is 1. The van der Waals surface area contributed by atoms with Gasteiger partial charge in [0.2, 0.25) is 0 Å². The highest BCUT2D eigenvalue weighted by Gasteiger charge is 2.06. The minimum Gasteiger partial charge on any atom is -0.338 e. The summed E-state index contributed by atoms with van der Waals surface area (Å²) in [5.41, 5.74) is 0.970. The van der Waals surface area contributed by atoms with Gasteiger partial charge < -0.3 is 4.57 Å².